The third kappa shape index (κ3) is 4.38. The zero-order chi connectivity index (χ0) is 19.3. The van der Waals surface area contributed by atoms with E-state index in [0.717, 1.165) is 41.5 Å². The molecule has 0 saturated heterocycles. The Labute approximate surface area is 159 Å². The first-order valence-corrected chi connectivity index (χ1v) is 9.25. The molecule has 3 aromatic rings. The Morgan fingerprint density at radius 3 is 2.63 bits per heavy atom. The van der Waals surface area contributed by atoms with E-state index in [9.17, 15) is 10.1 Å². The Morgan fingerprint density at radius 2 is 1.89 bits per heavy atom. The van der Waals surface area contributed by atoms with Crippen LogP contribution < -0.4 is 10.3 Å². The van der Waals surface area contributed by atoms with Gasteiger partial charge in [-0.05, 0) is 68.3 Å². The Hall–Kier alpha value is -3.06. The number of aromatic nitrogens is 1. The van der Waals surface area contributed by atoms with Crippen LogP contribution in [-0.2, 0) is 5.41 Å². The number of hydrogen-bond donors (Lipinski definition) is 1. The van der Waals surface area contributed by atoms with Gasteiger partial charge in [-0.2, -0.15) is 5.26 Å². The molecule has 0 spiro atoms. The standard InChI is InChI=1S/C23H24N2O2/c1-17-14-18-10-11-19(15-21(18)25-22(17)26)23(2,16-24)12-6-7-13-27-20-8-4-3-5-9-20/h3-5,8-11,14-15H,6-7,12-13H2,1-2H3,(H,25,26). The van der Waals surface area contributed by atoms with Crippen molar-refractivity contribution in [3.63, 3.8) is 0 Å². The van der Waals surface area contributed by atoms with Gasteiger partial charge >= 0.3 is 0 Å². The molecule has 0 bridgehead atoms. The van der Waals surface area contributed by atoms with Crippen molar-refractivity contribution in [2.45, 2.75) is 38.5 Å². The van der Waals surface area contributed by atoms with E-state index in [4.69, 9.17) is 4.74 Å². The highest BCUT2D eigenvalue weighted by Gasteiger charge is 2.26. The molecule has 3 rings (SSSR count). The number of H-pyrrole nitrogens is 1. The maximum absolute atomic E-state index is 11.9. The maximum atomic E-state index is 11.9. The van der Waals surface area contributed by atoms with Crippen molar-refractivity contribution in [3.05, 3.63) is 76.1 Å². The number of fused-ring (bicyclic) bond motifs is 1. The minimum absolute atomic E-state index is 0.0867. The van der Waals surface area contributed by atoms with Gasteiger partial charge in [0.05, 0.1) is 18.1 Å². The number of ether oxygens (including phenoxy) is 1. The molecule has 138 valence electrons. The van der Waals surface area contributed by atoms with Gasteiger partial charge in [-0.15, -0.1) is 0 Å². The van der Waals surface area contributed by atoms with E-state index in [-0.39, 0.29) is 5.56 Å². The maximum Gasteiger partial charge on any atom is 0.251 e. The summed E-state index contributed by atoms with van der Waals surface area (Å²) in [7, 11) is 0. The quantitative estimate of drug-likeness (QED) is 0.612. The number of nitriles is 1. The molecule has 27 heavy (non-hydrogen) atoms. The summed E-state index contributed by atoms with van der Waals surface area (Å²) in [6.45, 7) is 4.39. The van der Waals surface area contributed by atoms with E-state index in [1.54, 1.807) is 6.92 Å². The van der Waals surface area contributed by atoms with Gasteiger partial charge in [-0.25, -0.2) is 0 Å². The van der Waals surface area contributed by atoms with Crippen molar-refractivity contribution < 1.29 is 4.74 Å². The normalized spacial score (nSPS) is 13.1. The van der Waals surface area contributed by atoms with Crippen molar-refractivity contribution >= 4 is 10.9 Å². The topological polar surface area (TPSA) is 65.9 Å². The van der Waals surface area contributed by atoms with Crippen LogP contribution in [0.4, 0.5) is 0 Å². The molecule has 1 N–H and O–H groups in total. The molecule has 1 unspecified atom stereocenters. The van der Waals surface area contributed by atoms with Gasteiger partial charge in [-0.1, -0.05) is 30.3 Å². The van der Waals surface area contributed by atoms with E-state index >= 15 is 0 Å². The molecule has 0 saturated carbocycles. The number of pyridine rings is 1. The van der Waals surface area contributed by atoms with Crippen molar-refractivity contribution in [1.29, 1.82) is 5.26 Å². The number of para-hydroxylation sites is 1. The highest BCUT2D eigenvalue weighted by molar-refractivity contribution is 5.80. The fraction of sp³-hybridized carbons (Fsp3) is 0.304. The molecule has 0 radical (unpaired) electrons. The molecular formula is C23H24N2O2. The second-order valence-electron chi connectivity index (χ2n) is 7.15. The fourth-order valence-electron chi connectivity index (χ4n) is 3.21. The summed E-state index contributed by atoms with van der Waals surface area (Å²) < 4.78 is 5.72. The first kappa shape index (κ1) is 18.7. The summed E-state index contributed by atoms with van der Waals surface area (Å²) >= 11 is 0. The van der Waals surface area contributed by atoms with E-state index in [1.165, 1.54) is 0 Å². The van der Waals surface area contributed by atoms with Gasteiger partial charge in [0.15, 0.2) is 0 Å². The molecule has 4 nitrogen and oxygen atoms in total. The lowest BCUT2D eigenvalue weighted by molar-refractivity contribution is 0.300. The first-order chi connectivity index (χ1) is 13.0. The summed E-state index contributed by atoms with van der Waals surface area (Å²) in [5.74, 6) is 0.870. The van der Waals surface area contributed by atoms with E-state index in [0.29, 0.717) is 12.2 Å². The summed E-state index contributed by atoms with van der Waals surface area (Å²) in [5.41, 5.74) is 1.72. The van der Waals surface area contributed by atoms with Gasteiger partial charge in [0.25, 0.3) is 5.56 Å². The zero-order valence-electron chi connectivity index (χ0n) is 15.8. The van der Waals surface area contributed by atoms with Crippen LogP contribution in [0.25, 0.3) is 10.9 Å². The number of nitrogens with one attached hydrogen (secondary N) is 1. The monoisotopic (exact) mass is 360 g/mol. The van der Waals surface area contributed by atoms with Crippen molar-refractivity contribution in [2.24, 2.45) is 0 Å². The molecule has 4 heteroatoms. The molecule has 1 atom stereocenters. The fourth-order valence-corrected chi connectivity index (χ4v) is 3.21. The lowest BCUT2D eigenvalue weighted by Crippen LogP contribution is -2.20. The molecular weight excluding hydrogens is 336 g/mol. The van der Waals surface area contributed by atoms with Crippen molar-refractivity contribution in [1.82, 2.24) is 4.98 Å². The third-order valence-electron chi connectivity index (χ3n) is 5.00. The van der Waals surface area contributed by atoms with Crippen LogP contribution in [0.2, 0.25) is 0 Å². The first-order valence-electron chi connectivity index (χ1n) is 9.25. The van der Waals surface area contributed by atoms with Crippen LogP contribution in [0, 0.1) is 18.3 Å². The molecule has 0 aliphatic carbocycles. The molecule has 0 amide bonds. The van der Waals surface area contributed by atoms with Crippen molar-refractivity contribution in [3.8, 4) is 11.8 Å². The SMILES string of the molecule is Cc1cc2ccc(C(C)(C#N)CCCCOc3ccccc3)cc2[nH]c1=O. The summed E-state index contributed by atoms with van der Waals surface area (Å²) in [6.07, 6.45) is 2.51. The van der Waals surface area contributed by atoms with Crippen molar-refractivity contribution in [2.75, 3.05) is 6.61 Å². The molecule has 2 aromatic carbocycles. The molecule has 0 aliphatic heterocycles. The van der Waals surface area contributed by atoms with Crippen LogP contribution in [0.5, 0.6) is 5.75 Å². The lowest BCUT2D eigenvalue weighted by atomic mass is 9.79. The van der Waals surface area contributed by atoms with Gasteiger partial charge in [-0.3, -0.25) is 4.79 Å². The molecule has 0 fully saturated rings. The largest absolute Gasteiger partial charge is 0.494 e. The minimum Gasteiger partial charge on any atom is -0.494 e. The van der Waals surface area contributed by atoms with Gasteiger partial charge < -0.3 is 9.72 Å². The highest BCUT2D eigenvalue weighted by atomic mass is 16.5. The molecule has 0 aliphatic rings. The smallest absolute Gasteiger partial charge is 0.251 e. The predicted octanol–water partition coefficient (Wildman–Crippen LogP) is 4.87. The zero-order valence-corrected chi connectivity index (χ0v) is 15.8. The van der Waals surface area contributed by atoms with Crippen LogP contribution in [0.3, 0.4) is 0 Å². The van der Waals surface area contributed by atoms with Crippen LogP contribution in [-0.4, -0.2) is 11.6 Å². The number of rotatable bonds is 7. The Bertz CT molecular complexity index is 1020. The summed E-state index contributed by atoms with van der Waals surface area (Å²) in [4.78, 5) is 14.8. The number of benzene rings is 2. The Kier molecular flexibility index (Phi) is 5.61. The Morgan fingerprint density at radius 1 is 1.11 bits per heavy atom. The van der Waals surface area contributed by atoms with E-state index in [1.807, 2.05) is 61.5 Å². The second kappa shape index (κ2) is 8.09. The van der Waals surface area contributed by atoms with Gasteiger partial charge in [0, 0.05) is 11.1 Å². The summed E-state index contributed by atoms with van der Waals surface area (Å²) in [5, 5.41) is 10.8. The number of nitrogens with zero attached hydrogens (tertiary/aromatic N) is 1. The third-order valence-corrected chi connectivity index (χ3v) is 5.00. The van der Waals surface area contributed by atoms with E-state index < -0.39 is 5.41 Å². The number of aromatic amines is 1. The Balaban J connectivity index is 1.65. The lowest BCUT2D eigenvalue weighted by Gasteiger charge is -2.22. The number of hydrogen-bond acceptors (Lipinski definition) is 3. The number of unbranched alkanes of at least 4 members (excludes halogenated alkanes) is 1. The van der Waals surface area contributed by atoms with Crippen LogP contribution in [0.1, 0.15) is 37.3 Å². The van der Waals surface area contributed by atoms with Crippen LogP contribution >= 0.6 is 0 Å². The molecule has 1 aromatic heterocycles. The van der Waals surface area contributed by atoms with Crippen LogP contribution in [0.15, 0.2) is 59.4 Å². The van der Waals surface area contributed by atoms with Gasteiger partial charge in [0.1, 0.15) is 5.75 Å². The average molecular weight is 360 g/mol. The summed E-state index contributed by atoms with van der Waals surface area (Å²) in [6, 6.07) is 20.0. The second-order valence-corrected chi connectivity index (χ2v) is 7.15. The number of aryl methyl sites for hydroxylation is 1. The van der Waals surface area contributed by atoms with E-state index in [2.05, 4.69) is 11.1 Å². The molecule has 1 heterocycles. The average Bonchev–Trinajstić information content (AvgIpc) is 2.69. The highest BCUT2D eigenvalue weighted by Crippen LogP contribution is 2.30. The minimum atomic E-state index is -0.595. The predicted molar refractivity (Wildman–Crippen MR) is 108 cm³/mol. The van der Waals surface area contributed by atoms with Gasteiger partial charge in [0.2, 0.25) is 0 Å².